The van der Waals surface area contributed by atoms with Gasteiger partial charge >= 0.3 is 0 Å². The molecule has 0 aliphatic carbocycles. The van der Waals surface area contributed by atoms with E-state index in [0.717, 1.165) is 10.9 Å². The van der Waals surface area contributed by atoms with E-state index in [1.807, 2.05) is 59.5 Å². The van der Waals surface area contributed by atoms with Crippen LogP contribution in [-0.2, 0) is 16.0 Å². The van der Waals surface area contributed by atoms with Gasteiger partial charge in [0.15, 0.2) is 5.11 Å². The van der Waals surface area contributed by atoms with Crippen LogP contribution in [0.25, 0.3) is 0 Å². The van der Waals surface area contributed by atoms with Crippen LogP contribution in [0.4, 0.5) is 5.69 Å². The van der Waals surface area contributed by atoms with Gasteiger partial charge in [-0.05, 0) is 48.5 Å². The lowest BCUT2D eigenvalue weighted by atomic mass is 10.1. The van der Waals surface area contributed by atoms with Gasteiger partial charge in [-0.1, -0.05) is 46.3 Å². The lowest BCUT2D eigenvalue weighted by Crippen LogP contribution is -2.39. The number of carbonyl (C=O) groups excluding carboxylic acids is 2. The zero-order chi connectivity index (χ0) is 19.4. The Kier molecular flexibility index (Phi) is 6.23. The maximum Gasteiger partial charge on any atom is 0.251 e. The summed E-state index contributed by atoms with van der Waals surface area (Å²) >= 11 is 8.79. The number of hydrogen-bond acceptors (Lipinski definition) is 3. The van der Waals surface area contributed by atoms with E-state index >= 15 is 0 Å². The van der Waals surface area contributed by atoms with Gasteiger partial charge in [-0.3, -0.25) is 14.5 Å². The van der Waals surface area contributed by atoms with Crippen LogP contribution in [0.15, 0.2) is 59.1 Å². The molecule has 0 bridgehead atoms. The average Bonchev–Trinajstić information content (AvgIpc) is 2.86. The first-order valence-electron chi connectivity index (χ1n) is 8.63. The molecular formula is C20H20BrN3O2S. The first-order chi connectivity index (χ1) is 13.0. The second kappa shape index (κ2) is 8.63. The van der Waals surface area contributed by atoms with Gasteiger partial charge in [-0.2, -0.15) is 0 Å². The fourth-order valence-corrected chi connectivity index (χ4v) is 3.61. The third kappa shape index (κ3) is 4.73. The van der Waals surface area contributed by atoms with E-state index < -0.39 is 6.04 Å². The second-order valence-electron chi connectivity index (χ2n) is 6.38. The van der Waals surface area contributed by atoms with Crippen LogP contribution in [0.5, 0.6) is 0 Å². The summed E-state index contributed by atoms with van der Waals surface area (Å²) < 4.78 is 0.936. The Morgan fingerprint density at radius 1 is 1.15 bits per heavy atom. The van der Waals surface area contributed by atoms with Crippen molar-refractivity contribution in [3.8, 4) is 0 Å². The van der Waals surface area contributed by atoms with E-state index in [1.54, 1.807) is 7.05 Å². The molecule has 1 heterocycles. The van der Waals surface area contributed by atoms with Gasteiger partial charge in [0.2, 0.25) is 5.91 Å². The van der Waals surface area contributed by atoms with Crippen LogP contribution in [0, 0.1) is 0 Å². The number of benzene rings is 2. The third-order valence-electron chi connectivity index (χ3n) is 4.52. The van der Waals surface area contributed by atoms with Crippen LogP contribution >= 0.6 is 28.1 Å². The van der Waals surface area contributed by atoms with Gasteiger partial charge in [0.25, 0.3) is 5.91 Å². The number of rotatable bonds is 6. The molecule has 1 atom stereocenters. The number of halogens is 1. The summed E-state index contributed by atoms with van der Waals surface area (Å²) in [5.74, 6) is -0.350. The van der Waals surface area contributed by atoms with Crippen LogP contribution in [-0.4, -0.2) is 46.4 Å². The molecule has 0 radical (unpaired) electrons. The van der Waals surface area contributed by atoms with Crippen molar-refractivity contribution in [3.05, 3.63) is 64.6 Å². The Bertz CT molecular complexity index is 842. The second-order valence-corrected chi connectivity index (χ2v) is 7.66. The molecule has 1 N–H and O–H groups in total. The summed E-state index contributed by atoms with van der Waals surface area (Å²) in [6, 6.07) is 16.8. The van der Waals surface area contributed by atoms with Crippen LogP contribution in [0.3, 0.4) is 0 Å². The highest BCUT2D eigenvalue weighted by Gasteiger charge is 2.41. The first kappa shape index (κ1) is 19.5. The van der Waals surface area contributed by atoms with Crippen molar-refractivity contribution >= 4 is 50.8 Å². The summed E-state index contributed by atoms with van der Waals surface area (Å²) in [5, 5.41) is 3.31. The molecule has 0 saturated carbocycles. The molecule has 2 aromatic carbocycles. The Morgan fingerprint density at radius 3 is 2.48 bits per heavy atom. The number of anilines is 1. The molecule has 1 aliphatic rings. The minimum atomic E-state index is -0.568. The summed E-state index contributed by atoms with van der Waals surface area (Å²) in [6.45, 7) is 0.592. The van der Waals surface area contributed by atoms with Crippen LogP contribution < -0.4 is 5.32 Å². The van der Waals surface area contributed by atoms with Gasteiger partial charge in [0, 0.05) is 23.8 Å². The number of carbonyl (C=O) groups is 2. The highest BCUT2D eigenvalue weighted by atomic mass is 79.9. The van der Waals surface area contributed by atoms with Gasteiger partial charge in [-0.25, -0.2) is 0 Å². The summed E-state index contributed by atoms with van der Waals surface area (Å²) in [6.07, 6.45) is 0.821. The van der Waals surface area contributed by atoms with E-state index in [0.29, 0.717) is 17.3 Å². The molecule has 2 amide bonds. The Balaban J connectivity index is 1.66. The zero-order valence-corrected chi connectivity index (χ0v) is 17.3. The number of nitrogens with one attached hydrogen (secondary N) is 1. The first-order valence-corrected chi connectivity index (χ1v) is 9.83. The smallest absolute Gasteiger partial charge is 0.251 e. The Labute approximate surface area is 172 Å². The molecule has 27 heavy (non-hydrogen) atoms. The van der Waals surface area contributed by atoms with Crippen molar-refractivity contribution in [3.63, 3.8) is 0 Å². The molecule has 2 aromatic rings. The molecule has 7 heteroatoms. The van der Waals surface area contributed by atoms with Gasteiger partial charge in [-0.15, -0.1) is 0 Å². The molecule has 1 saturated heterocycles. The predicted molar refractivity (Wildman–Crippen MR) is 113 cm³/mol. The maximum atomic E-state index is 12.6. The van der Waals surface area contributed by atoms with Crippen molar-refractivity contribution < 1.29 is 9.59 Å². The summed E-state index contributed by atoms with van der Waals surface area (Å²) in [4.78, 5) is 28.4. The normalized spacial score (nSPS) is 16.7. The number of hydrogen-bond donors (Lipinski definition) is 1. The molecule has 5 nitrogen and oxygen atoms in total. The lowest BCUT2D eigenvalue weighted by Gasteiger charge is -2.23. The molecule has 1 fully saturated rings. The number of nitrogens with zero attached hydrogens (tertiary/aromatic N) is 2. The lowest BCUT2D eigenvalue weighted by molar-refractivity contribution is -0.130. The topological polar surface area (TPSA) is 52.7 Å². The highest BCUT2D eigenvalue weighted by Crippen LogP contribution is 2.21. The predicted octanol–water partition coefficient (Wildman–Crippen LogP) is 3.45. The highest BCUT2D eigenvalue weighted by molar-refractivity contribution is 9.10. The van der Waals surface area contributed by atoms with Crippen molar-refractivity contribution in [1.82, 2.24) is 9.80 Å². The molecule has 3 rings (SSSR count). The van der Waals surface area contributed by atoms with Crippen molar-refractivity contribution in [1.29, 1.82) is 0 Å². The third-order valence-corrected chi connectivity index (χ3v) is 5.55. The Morgan fingerprint density at radius 2 is 1.81 bits per heavy atom. The van der Waals surface area contributed by atoms with E-state index in [1.165, 1.54) is 10.5 Å². The number of amides is 2. The molecule has 0 spiro atoms. The standard InChI is InChI=1S/C20H20BrN3O2S/c1-23-19(26)17(13-18(25)22-16-9-7-15(21)8-10-16)24(20(23)27)12-11-14-5-3-2-4-6-14/h2-10,17H,11-13H2,1H3,(H,22,25)/t17-/m0/s1. The fraction of sp³-hybridized carbons (Fsp3) is 0.250. The van der Waals surface area contributed by atoms with Gasteiger partial charge in [0.1, 0.15) is 6.04 Å². The fourth-order valence-electron chi connectivity index (χ4n) is 3.04. The summed E-state index contributed by atoms with van der Waals surface area (Å²) in [7, 11) is 1.66. The molecule has 140 valence electrons. The monoisotopic (exact) mass is 445 g/mol. The van der Waals surface area contributed by atoms with Crippen molar-refractivity contribution in [2.75, 3.05) is 18.9 Å². The largest absolute Gasteiger partial charge is 0.336 e. The Hall–Kier alpha value is -2.25. The van der Waals surface area contributed by atoms with E-state index in [4.69, 9.17) is 12.2 Å². The SMILES string of the molecule is CN1C(=O)[C@H](CC(=O)Nc2ccc(Br)cc2)N(CCc2ccccc2)C1=S. The van der Waals surface area contributed by atoms with E-state index in [-0.39, 0.29) is 18.2 Å². The van der Waals surface area contributed by atoms with E-state index in [9.17, 15) is 9.59 Å². The molecule has 1 aliphatic heterocycles. The summed E-state index contributed by atoms with van der Waals surface area (Å²) in [5.41, 5.74) is 1.86. The van der Waals surface area contributed by atoms with Crippen LogP contribution in [0.1, 0.15) is 12.0 Å². The zero-order valence-electron chi connectivity index (χ0n) is 14.9. The van der Waals surface area contributed by atoms with Gasteiger partial charge in [0.05, 0.1) is 6.42 Å². The van der Waals surface area contributed by atoms with E-state index in [2.05, 4.69) is 21.2 Å². The van der Waals surface area contributed by atoms with Gasteiger partial charge < -0.3 is 10.2 Å². The maximum absolute atomic E-state index is 12.6. The molecule has 0 aromatic heterocycles. The van der Waals surface area contributed by atoms with Crippen LogP contribution in [0.2, 0.25) is 0 Å². The minimum absolute atomic E-state index is 0.0637. The van der Waals surface area contributed by atoms with Crippen molar-refractivity contribution in [2.24, 2.45) is 0 Å². The number of thiocarbonyl (C=S) groups is 1. The van der Waals surface area contributed by atoms with Crippen molar-refractivity contribution in [2.45, 2.75) is 18.9 Å². The molecule has 0 unspecified atom stereocenters. The quantitative estimate of drug-likeness (QED) is 0.691. The minimum Gasteiger partial charge on any atom is -0.336 e. The average molecular weight is 446 g/mol. The molecular weight excluding hydrogens is 426 g/mol. The number of likely N-dealkylation sites (N-methyl/N-ethyl adjacent to an activating group) is 1.